The van der Waals surface area contributed by atoms with Crippen molar-refractivity contribution in [2.24, 2.45) is 0 Å². The molecule has 0 saturated carbocycles. The Morgan fingerprint density at radius 1 is 0.558 bits per heavy atom. The van der Waals surface area contributed by atoms with Crippen molar-refractivity contribution in [1.29, 1.82) is 0 Å². The average molecular weight is 546 g/mol. The zero-order chi connectivity index (χ0) is 28.1. The number of aryl methyl sites for hydroxylation is 1. The van der Waals surface area contributed by atoms with E-state index >= 15 is 0 Å². The van der Waals surface area contributed by atoms with E-state index in [0.29, 0.717) is 0 Å². The van der Waals surface area contributed by atoms with Crippen molar-refractivity contribution < 1.29 is 0 Å². The summed E-state index contributed by atoms with van der Waals surface area (Å²) in [6, 6.07) is 47.6. The van der Waals surface area contributed by atoms with E-state index in [1.165, 1.54) is 77.4 Å². The average Bonchev–Trinajstić information content (AvgIpc) is 3.37. The smallest absolute Gasteiger partial charge is 0.0784 e. The highest BCUT2D eigenvalue weighted by atomic mass is 14.7. The summed E-state index contributed by atoms with van der Waals surface area (Å²) in [5.41, 5.74) is 16.4. The van der Waals surface area contributed by atoms with Gasteiger partial charge >= 0.3 is 0 Å². The minimum Gasteiger partial charge on any atom is -0.247 e. The normalized spacial score (nSPS) is 17.1. The van der Waals surface area contributed by atoms with E-state index in [1.54, 1.807) is 0 Å². The lowest BCUT2D eigenvalue weighted by molar-refractivity contribution is 0.773. The highest BCUT2D eigenvalue weighted by Gasteiger charge is 2.50. The molecule has 1 atom stereocenters. The van der Waals surface area contributed by atoms with Crippen molar-refractivity contribution in [2.45, 2.75) is 18.3 Å². The predicted molar refractivity (Wildman–Crippen MR) is 178 cm³/mol. The highest BCUT2D eigenvalue weighted by Crippen LogP contribution is 2.62. The molecule has 0 saturated heterocycles. The Labute approximate surface area is 250 Å². The number of aromatic nitrogens is 1. The molecule has 1 spiro atoms. The molecule has 3 aliphatic rings. The maximum atomic E-state index is 5.29. The van der Waals surface area contributed by atoms with Gasteiger partial charge in [0.2, 0.25) is 0 Å². The minimum atomic E-state index is -0.384. The zero-order valence-corrected chi connectivity index (χ0v) is 23.6. The molecule has 1 nitrogen and oxygen atoms in total. The summed E-state index contributed by atoms with van der Waals surface area (Å²) >= 11 is 0. The fourth-order valence-electron chi connectivity index (χ4n) is 8.47. The highest BCUT2D eigenvalue weighted by molar-refractivity contribution is 6.07. The molecule has 200 valence electrons. The third-order valence-corrected chi connectivity index (χ3v) is 10.1. The Kier molecular flexibility index (Phi) is 4.55. The summed E-state index contributed by atoms with van der Waals surface area (Å²) in [4.78, 5) is 5.29. The number of nitrogens with zero attached hydrogens (tertiary/aromatic N) is 1. The Balaban J connectivity index is 1.32. The maximum Gasteiger partial charge on any atom is 0.0784 e. The molecule has 10 rings (SSSR count). The quantitative estimate of drug-likeness (QED) is 0.200. The molecule has 0 radical (unpaired) electrons. The second-order valence-corrected chi connectivity index (χ2v) is 12.1. The number of pyridine rings is 1. The van der Waals surface area contributed by atoms with E-state index in [2.05, 4.69) is 140 Å². The van der Waals surface area contributed by atoms with Gasteiger partial charge < -0.3 is 0 Å². The van der Waals surface area contributed by atoms with Crippen molar-refractivity contribution in [2.75, 3.05) is 0 Å². The molecule has 0 aliphatic heterocycles. The molecular formula is C42H27N. The SMILES string of the molecule is C1=Cc2c(-c3ccc4c(c3)-c3ccccc3C43c4ccccc4-c4cccc5cccc3c45)nc3ccccc3c2CC1. The van der Waals surface area contributed by atoms with E-state index in [9.17, 15) is 0 Å². The van der Waals surface area contributed by atoms with Gasteiger partial charge in [-0.3, -0.25) is 0 Å². The Bertz CT molecular complexity index is 2350. The first-order chi connectivity index (χ1) is 21.3. The second-order valence-electron chi connectivity index (χ2n) is 12.1. The topological polar surface area (TPSA) is 12.9 Å². The first kappa shape index (κ1) is 23.3. The van der Waals surface area contributed by atoms with Gasteiger partial charge in [-0.15, -0.1) is 0 Å². The lowest BCUT2D eigenvalue weighted by atomic mass is 9.61. The van der Waals surface area contributed by atoms with Crippen molar-refractivity contribution in [3.63, 3.8) is 0 Å². The fourth-order valence-corrected chi connectivity index (χ4v) is 8.47. The van der Waals surface area contributed by atoms with Gasteiger partial charge in [-0.1, -0.05) is 127 Å². The summed E-state index contributed by atoms with van der Waals surface area (Å²) < 4.78 is 0. The van der Waals surface area contributed by atoms with Crippen molar-refractivity contribution >= 4 is 27.8 Å². The van der Waals surface area contributed by atoms with Gasteiger partial charge in [0.05, 0.1) is 16.6 Å². The number of fused-ring (bicyclic) bond motifs is 12. The summed E-state index contributed by atoms with van der Waals surface area (Å²) in [6.07, 6.45) is 6.73. The standard InChI is InChI=1S/C42H27N/c1-2-17-33-28(13-1)31-16-5-8-22-39(31)43-41(33)27-23-24-37-34(25-27)30-15-4-7-20-36(30)42(37)35-19-6-3-14-29(35)32-18-9-11-26-12-10-21-38(42)40(26)32/h2-12,14-25H,1,13H2. The molecule has 0 bridgehead atoms. The zero-order valence-electron chi connectivity index (χ0n) is 23.6. The van der Waals surface area contributed by atoms with Crippen LogP contribution in [0, 0.1) is 0 Å². The van der Waals surface area contributed by atoms with E-state index in [0.717, 1.165) is 24.1 Å². The van der Waals surface area contributed by atoms with Gasteiger partial charge in [0.25, 0.3) is 0 Å². The van der Waals surface area contributed by atoms with E-state index < -0.39 is 0 Å². The van der Waals surface area contributed by atoms with Crippen LogP contribution in [-0.2, 0) is 11.8 Å². The van der Waals surface area contributed by atoms with Crippen LogP contribution in [0.4, 0.5) is 0 Å². The van der Waals surface area contributed by atoms with Crippen LogP contribution in [0.2, 0.25) is 0 Å². The summed E-state index contributed by atoms with van der Waals surface area (Å²) in [5, 5.41) is 3.94. The fraction of sp³-hybridized carbons (Fsp3) is 0.0714. The van der Waals surface area contributed by atoms with Crippen LogP contribution in [0.15, 0.2) is 133 Å². The Morgan fingerprint density at radius 2 is 1.23 bits per heavy atom. The molecule has 7 aromatic rings. The Hall–Kier alpha value is -5.27. The van der Waals surface area contributed by atoms with Crippen LogP contribution >= 0.6 is 0 Å². The molecule has 0 fully saturated rings. The van der Waals surface area contributed by atoms with Crippen LogP contribution < -0.4 is 0 Å². The second kappa shape index (κ2) is 8.40. The van der Waals surface area contributed by atoms with Gasteiger partial charge in [-0.25, -0.2) is 4.98 Å². The molecule has 0 amide bonds. The molecule has 3 aliphatic carbocycles. The third-order valence-electron chi connectivity index (χ3n) is 10.1. The van der Waals surface area contributed by atoms with Crippen LogP contribution in [0.25, 0.3) is 61.3 Å². The molecule has 1 heterocycles. The Morgan fingerprint density at radius 3 is 2.09 bits per heavy atom. The monoisotopic (exact) mass is 545 g/mol. The number of hydrogen-bond donors (Lipinski definition) is 0. The van der Waals surface area contributed by atoms with E-state index in [4.69, 9.17) is 4.98 Å². The third kappa shape index (κ3) is 2.89. The van der Waals surface area contributed by atoms with Crippen molar-refractivity contribution in [3.8, 4) is 33.5 Å². The van der Waals surface area contributed by atoms with Crippen LogP contribution in [-0.4, -0.2) is 4.98 Å². The summed E-state index contributed by atoms with van der Waals surface area (Å²) in [6.45, 7) is 0. The molecule has 0 N–H and O–H groups in total. The number of para-hydroxylation sites is 1. The van der Waals surface area contributed by atoms with Crippen LogP contribution in [0.1, 0.15) is 39.8 Å². The number of hydrogen-bond acceptors (Lipinski definition) is 1. The minimum absolute atomic E-state index is 0.384. The number of rotatable bonds is 1. The van der Waals surface area contributed by atoms with E-state index in [-0.39, 0.29) is 5.41 Å². The van der Waals surface area contributed by atoms with E-state index in [1.807, 2.05) is 0 Å². The summed E-state index contributed by atoms with van der Waals surface area (Å²) in [5.74, 6) is 0. The van der Waals surface area contributed by atoms with Crippen LogP contribution in [0.3, 0.4) is 0 Å². The molecule has 6 aromatic carbocycles. The molecule has 1 aromatic heterocycles. The molecule has 43 heavy (non-hydrogen) atoms. The maximum absolute atomic E-state index is 5.29. The largest absolute Gasteiger partial charge is 0.247 e. The van der Waals surface area contributed by atoms with Crippen LogP contribution in [0.5, 0.6) is 0 Å². The van der Waals surface area contributed by atoms with Gasteiger partial charge in [-0.05, 0) is 85.8 Å². The summed E-state index contributed by atoms with van der Waals surface area (Å²) in [7, 11) is 0. The number of benzene rings is 6. The van der Waals surface area contributed by atoms with Gasteiger partial charge in [0.1, 0.15) is 0 Å². The lowest BCUT2D eigenvalue weighted by Crippen LogP contribution is -2.31. The molecule has 1 heteroatoms. The van der Waals surface area contributed by atoms with Gasteiger partial charge in [0, 0.05) is 16.5 Å². The van der Waals surface area contributed by atoms with Crippen molar-refractivity contribution in [1.82, 2.24) is 4.98 Å². The van der Waals surface area contributed by atoms with Gasteiger partial charge in [0.15, 0.2) is 0 Å². The lowest BCUT2D eigenvalue weighted by Gasteiger charge is -2.40. The first-order valence-electron chi connectivity index (χ1n) is 15.3. The number of allylic oxidation sites excluding steroid dienone is 1. The predicted octanol–water partition coefficient (Wildman–Crippen LogP) is 10.4. The van der Waals surface area contributed by atoms with Crippen molar-refractivity contribution in [3.05, 3.63) is 167 Å². The van der Waals surface area contributed by atoms with Gasteiger partial charge in [-0.2, -0.15) is 0 Å². The molecule has 1 unspecified atom stereocenters. The first-order valence-corrected chi connectivity index (χ1v) is 15.3. The molecular weight excluding hydrogens is 518 g/mol.